The van der Waals surface area contributed by atoms with Gasteiger partial charge < -0.3 is 10.1 Å². The molecule has 0 radical (unpaired) electrons. The number of sulfonamides is 1. The van der Waals surface area contributed by atoms with Crippen molar-refractivity contribution in [2.45, 2.75) is 62.5 Å². The van der Waals surface area contributed by atoms with Gasteiger partial charge >= 0.3 is 5.97 Å². The molecule has 9 heteroatoms. The summed E-state index contributed by atoms with van der Waals surface area (Å²) < 4.78 is 44.6. The molecule has 1 aliphatic carbocycles. The van der Waals surface area contributed by atoms with E-state index in [0.29, 0.717) is 0 Å². The van der Waals surface area contributed by atoms with Crippen molar-refractivity contribution in [2.75, 3.05) is 6.54 Å². The van der Waals surface area contributed by atoms with Crippen molar-refractivity contribution in [3.63, 3.8) is 0 Å². The van der Waals surface area contributed by atoms with Crippen LogP contribution in [0.5, 0.6) is 0 Å². The Morgan fingerprint density at radius 1 is 1.19 bits per heavy atom. The van der Waals surface area contributed by atoms with E-state index in [0.717, 1.165) is 50.7 Å². The summed E-state index contributed by atoms with van der Waals surface area (Å²) in [6.45, 7) is 0.729. The van der Waals surface area contributed by atoms with Crippen LogP contribution in [-0.2, 0) is 24.3 Å². The number of carbonyl (C=O) groups is 2. The maximum atomic E-state index is 13.6. The molecule has 0 aliphatic heterocycles. The Morgan fingerprint density at radius 3 is 2.44 bits per heavy atom. The van der Waals surface area contributed by atoms with Gasteiger partial charge in [-0.1, -0.05) is 37.8 Å². The van der Waals surface area contributed by atoms with E-state index >= 15 is 0 Å². The number of nitrogens with one attached hydrogen (secondary N) is 2. The number of ether oxygens (including phenoxy) is 1. The second kappa shape index (κ2) is 9.80. The van der Waals surface area contributed by atoms with Crippen molar-refractivity contribution in [2.24, 2.45) is 0 Å². The van der Waals surface area contributed by atoms with Crippen LogP contribution in [0.1, 0.15) is 45.4 Å². The number of benzene rings is 1. The predicted octanol–water partition coefficient (Wildman–Crippen LogP) is 1.87. The molecule has 0 unspecified atom stereocenters. The van der Waals surface area contributed by atoms with Gasteiger partial charge in [0.1, 0.15) is 17.3 Å². The van der Waals surface area contributed by atoms with E-state index in [1.807, 2.05) is 4.72 Å². The summed E-state index contributed by atoms with van der Waals surface area (Å²) in [5.41, 5.74) is 0. The van der Waals surface area contributed by atoms with Crippen LogP contribution in [-0.4, -0.2) is 39.0 Å². The third-order valence-electron chi connectivity index (χ3n) is 4.41. The highest BCUT2D eigenvalue weighted by Crippen LogP contribution is 2.17. The van der Waals surface area contributed by atoms with E-state index < -0.39 is 45.3 Å². The van der Waals surface area contributed by atoms with Gasteiger partial charge in [0.2, 0.25) is 10.0 Å². The van der Waals surface area contributed by atoms with Crippen LogP contribution in [0.2, 0.25) is 0 Å². The minimum atomic E-state index is -4.20. The summed E-state index contributed by atoms with van der Waals surface area (Å²) in [7, 11) is -4.20. The molecular weight excluding hydrogens is 375 g/mol. The Kier molecular flexibility index (Phi) is 7.73. The molecule has 1 aromatic carbocycles. The van der Waals surface area contributed by atoms with Crippen LogP contribution in [0.3, 0.4) is 0 Å². The maximum Gasteiger partial charge on any atom is 0.321 e. The SMILES string of the molecule is C[C@H](OC(=O)CNS(=O)(=O)c1ccccc1F)C(=O)NC1CCCCCC1. The highest BCUT2D eigenvalue weighted by Gasteiger charge is 2.24. The summed E-state index contributed by atoms with van der Waals surface area (Å²) in [5, 5.41) is 2.87. The monoisotopic (exact) mass is 400 g/mol. The number of halogens is 1. The maximum absolute atomic E-state index is 13.6. The molecule has 0 bridgehead atoms. The first kappa shape index (κ1) is 21.3. The second-order valence-corrected chi connectivity index (χ2v) is 8.32. The standard InChI is InChI=1S/C18H25FN2O5S/c1-13(18(23)21-14-8-4-2-3-5-9-14)26-17(22)12-20-27(24,25)16-11-7-6-10-15(16)19/h6-7,10-11,13-14,20H,2-5,8-9,12H2,1H3,(H,21,23)/t13-/m0/s1. The highest BCUT2D eigenvalue weighted by atomic mass is 32.2. The van der Waals surface area contributed by atoms with Crippen LogP contribution >= 0.6 is 0 Å². The van der Waals surface area contributed by atoms with Gasteiger partial charge in [0.15, 0.2) is 6.10 Å². The zero-order valence-corrected chi connectivity index (χ0v) is 16.1. The lowest BCUT2D eigenvalue weighted by Gasteiger charge is -2.19. The number of carbonyl (C=O) groups excluding carboxylic acids is 2. The topological polar surface area (TPSA) is 102 Å². The van der Waals surface area contributed by atoms with Crippen molar-refractivity contribution in [3.8, 4) is 0 Å². The Hall–Kier alpha value is -2.00. The quantitative estimate of drug-likeness (QED) is 0.537. The molecule has 1 saturated carbocycles. The third kappa shape index (κ3) is 6.59. The van der Waals surface area contributed by atoms with Gasteiger partial charge in [-0.25, -0.2) is 12.8 Å². The third-order valence-corrected chi connectivity index (χ3v) is 5.85. The molecule has 7 nitrogen and oxygen atoms in total. The van der Waals surface area contributed by atoms with Crippen LogP contribution in [0.25, 0.3) is 0 Å². The molecule has 1 aliphatic rings. The van der Waals surface area contributed by atoms with Crippen molar-refractivity contribution in [1.29, 1.82) is 0 Å². The van der Waals surface area contributed by atoms with Crippen LogP contribution in [0, 0.1) is 5.82 Å². The van der Waals surface area contributed by atoms with Crippen molar-refractivity contribution in [1.82, 2.24) is 10.0 Å². The Labute approximate surface area is 158 Å². The molecule has 2 rings (SSSR count). The first-order chi connectivity index (χ1) is 12.8. The van der Waals surface area contributed by atoms with E-state index in [9.17, 15) is 22.4 Å². The van der Waals surface area contributed by atoms with Gasteiger partial charge in [0, 0.05) is 6.04 Å². The Morgan fingerprint density at radius 2 is 1.81 bits per heavy atom. The number of hydrogen-bond donors (Lipinski definition) is 2. The second-order valence-electron chi connectivity index (χ2n) is 6.58. The van der Waals surface area contributed by atoms with Crippen molar-refractivity contribution in [3.05, 3.63) is 30.1 Å². The molecule has 1 amide bonds. The molecule has 0 saturated heterocycles. The van der Waals surface area contributed by atoms with Crippen LogP contribution in [0.4, 0.5) is 4.39 Å². The van der Waals surface area contributed by atoms with E-state index in [1.165, 1.54) is 19.1 Å². The fourth-order valence-electron chi connectivity index (χ4n) is 2.93. The number of amides is 1. The van der Waals surface area contributed by atoms with Gasteiger partial charge in [-0.05, 0) is 31.9 Å². The first-order valence-electron chi connectivity index (χ1n) is 9.03. The molecule has 1 aromatic rings. The summed E-state index contributed by atoms with van der Waals surface area (Å²) in [5.74, 6) is -2.25. The lowest BCUT2D eigenvalue weighted by molar-refractivity contribution is -0.153. The summed E-state index contributed by atoms with van der Waals surface area (Å²) >= 11 is 0. The van der Waals surface area contributed by atoms with Gasteiger partial charge in [-0.15, -0.1) is 0 Å². The van der Waals surface area contributed by atoms with Gasteiger partial charge in [0.05, 0.1) is 0 Å². The molecule has 27 heavy (non-hydrogen) atoms. The summed E-state index contributed by atoms with van der Waals surface area (Å²) in [6, 6.07) is 4.90. The predicted molar refractivity (Wildman–Crippen MR) is 96.8 cm³/mol. The molecule has 0 aromatic heterocycles. The minimum absolute atomic E-state index is 0.0701. The number of hydrogen-bond acceptors (Lipinski definition) is 5. The number of esters is 1. The first-order valence-corrected chi connectivity index (χ1v) is 10.5. The van der Waals surface area contributed by atoms with Gasteiger partial charge in [-0.2, -0.15) is 4.72 Å². The molecule has 1 atom stereocenters. The lowest BCUT2D eigenvalue weighted by atomic mass is 10.1. The molecule has 150 valence electrons. The van der Waals surface area contributed by atoms with Gasteiger partial charge in [0.25, 0.3) is 5.91 Å². The molecule has 1 fully saturated rings. The summed E-state index contributed by atoms with van der Waals surface area (Å²) in [4.78, 5) is 23.4. The Bertz CT molecular complexity index is 761. The van der Waals surface area contributed by atoms with Gasteiger partial charge in [-0.3, -0.25) is 9.59 Å². The molecule has 2 N–H and O–H groups in total. The molecule has 0 spiro atoms. The zero-order chi connectivity index (χ0) is 19.9. The number of rotatable bonds is 7. The highest BCUT2D eigenvalue weighted by molar-refractivity contribution is 7.89. The van der Waals surface area contributed by atoms with E-state index in [2.05, 4.69) is 5.32 Å². The van der Waals surface area contributed by atoms with E-state index in [-0.39, 0.29) is 6.04 Å². The largest absolute Gasteiger partial charge is 0.452 e. The molecular formula is C18H25FN2O5S. The van der Waals surface area contributed by atoms with Crippen molar-refractivity contribution < 1.29 is 27.1 Å². The average molecular weight is 400 g/mol. The smallest absolute Gasteiger partial charge is 0.321 e. The fraction of sp³-hybridized carbons (Fsp3) is 0.556. The molecule has 0 heterocycles. The van der Waals surface area contributed by atoms with Crippen LogP contribution in [0.15, 0.2) is 29.2 Å². The average Bonchev–Trinajstić information content (AvgIpc) is 2.89. The zero-order valence-electron chi connectivity index (χ0n) is 15.2. The summed E-state index contributed by atoms with van der Waals surface area (Å²) in [6.07, 6.45) is 5.16. The normalized spacial score (nSPS) is 17.0. The van der Waals surface area contributed by atoms with Crippen molar-refractivity contribution >= 4 is 21.9 Å². The van der Waals surface area contributed by atoms with Crippen LogP contribution < -0.4 is 10.0 Å². The van der Waals surface area contributed by atoms with E-state index in [4.69, 9.17) is 4.74 Å². The minimum Gasteiger partial charge on any atom is -0.452 e. The fourth-order valence-corrected chi connectivity index (χ4v) is 3.97. The Balaban J connectivity index is 1.82. The van der Waals surface area contributed by atoms with E-state index in [1.54, 1.807) is 0 Å². The lowest BCUT2D eigenvalue weighted by Crippen LogP contribution is -2.43.